The lowest BCUT2D eigenvalue weighted by molar-refractivity contribution is -0.159. The molecule has 0 aromatic rings. The third-order valence-electron chi connectivity index (χ3n) is 1.69. The standard InChI is InChI=1S/C10H17NO4/c1-3-4-5-6-9(13)15-10(14)7-11-8(2)12/h3-7H2,1-2H3,(H,11,12). The number of ether oxygens (including phenoxy) is 1. The van der Waals surface area contributed by atoms with Gasteiger partial charge in [-0.05, 0) is 6.42 Å². The summed E-state index contributed by atoms with van der Waals surface area (Å²) >= 11 is 0. The van der Waals surface area contributed by atoms with Crippen molar-refractivity contribution in [3.05, 3.63) is 0 Å². The van der Waals surface area contributed by atoms with Crippen LogP contribution in [0.1, 0.15) is 39.5 Å². The SMILES string of the molecule is CCCCCC(=O)OC(=O)CNC(C)=O. The van der Waals surface area contributed by atoms with Crippen LogP contribution in [0.5, 0.6) is 0 Å². The van der Waals surface area contributed by atoms with Crippen LogP contribution in [0.4, 0.5) is 0 Å². The quantitative estimate of drug-likeness (QED) is 0.403. The highest BCUT2D eigenvalue weighted by atomic mass is 16.6. The van der Waals surface area contributed by atoms with E-state index in [9.17, 15) is 14.4 Å². The molecule has 0 radical (unpaired) electrons. The Balaban J connectivity index is 3.58. The van der Waals surface area contributed by atoms with Gasteiger partial charge in [-0.15, -0.1) is 0 Å². The molecule has 1 N–H and O–H groups in total. The fraction of sp³-hybridized carbons (Fsp3) is 0.700. The van der Waals surface area contributed by atoms with Crippen LogP contribution in [0, 0.1) is 0 Å². The molecule has 0 saturated heterocycles. The Labute approximate surface area is 89.2 Å². The van der Waals surface area contributed by atoms with Gasteiger partial charge < -0.3 is 10.1 Å². The highest BCUT2D eigenvalue weighted by Crippen LogP contribution is 2.00. The molecule has 1 amide bonds. The molecule has 0 bridgehead atoms. The first-order valence-corrected chi connectivity index (χ1v) is 5.04. The van der Waals surface area contributed by atoms with Crippen LogP contribution in [0.2, 0.25) is 0 Å². The third-order valence-corrected chi connectivity index (χ3v) is 1.69. The van der Waals surface area contributed by atoms with Crippen molar-refractivity contribution in [1.82, 2.24) is 5.32 Å². The van der Waals surface area contributed by atoms with Gasteiger partial charge in [0.25, 0.3) is 0 Å². The molecule has 0 aromatic heterocycles. The number of unbranched alkanes of at least 4 members (excludes halogenated alkanes) is 2. The summed E-state index contributed by atoms with van der Waals surface area (Å²) in [6.07, 6.45) is 2.92. The Kier molecular flexibility index (Phi) is 7.23. The second-order valence-corrected chi connectivity index (χ2v) is 3.21. The predicted octanol–water partition coefficient (Wildman–Crippen LogP) is 0.773. The Morgan fingerprint density at radius 3 is 2.33 bits per heavy atom. The van der Waals surface area contributed by atoms with Gasteiger partial charge in [0.05, 0.1) is 0 Å². The Bertz CT molecular complexity index is 238. The Hall–Kier alpha value is -1.39. The van der Waals surface area contributed by atoms with E-state index in [0.29, 0.717) is 0 Å². The number of esters is 2. The molecule has 0 fully saturated rings. The number of nitrogens with one attached hydrogen (secondary N) is 1. The Morgan fingerprint density at radius 1 is 1.13 bits per heavy atom. The highest BCUT2D eigenvalue weighted by molar-refractivity contribution is 5.88. The van der Waals surface area contributed by atoms with E-state index in [0.717, 1.165) is 19.3 Å². The Morgan fingerprint density at radius 2 is 1.80 bits per heavy atom. The molecular formula is C10H17NO4. The van der Waals surface area contributed by atoms with Gasteiger partial charge in [-0.1, -0.05) is 19.8 Å². The van der Waals surface area contributed by atoms with Crippen LogP contribution < -0.4 is 5.32 Å². The van der Waals surface area contributed by atoms with Crippen molar-refractivity contribution in [2.45, 2.75) is 39.5 Å². The van der Waals surface area contributed by atoms with E-state index in [2.05, 4.69) is 10.1 Å². The van der Waals surface area contributed by atoms with E-state index in [1.165, 1.54) is 6.92 Å². The van der Waals surface area contributed by atoms with Crippen LogP contribution in [0.25, 0.3) is 0 Å². The smallest absolute Gasteiger partial charge is 0.333 e. The van der Waals surface area contributed by atoms with Crippen LogP contribution >= 0.6 is 0 Å². The number of rotatable bonds is 6. The van der Waals surface area contributed by atoms with Gasteiger partial charge in [0.2, 0.25) is 5.91 Å². The summed E-state index contributed by atoms with van der Waals surface area (Å²) in [5.74, 6) is -1.57. The van der Waals surface area contributed by atoms with Crippen LogP contribution in [0.15, 0.2) is 0 Å². The molecule has 0 aliphatic carbocycles. The second-order valence-electron chi connectivity index (χ2n) is 3.21. The van der Waals surface area contributed by atoms with E-state index in [-0.39, 0.29) is 18.9 Å². The lowest BCUT2D eigenvalue weighted by atomic mass is 10.2. The first-order valence-electron chi connectivity index (χ1n) is 5.04. The highest BCUT2D eigenvalue weighted by Gasteiger charge is 2.09. The molecule has 0 aromatic carbocycles. The van der Waals surface area contributed by atoms with Gasteiger partial charge in [0, 0.05) is 13.3 Å². The molecular weight excluding hydrogens is 198 g/mol. The summed E-state index contributed by atoms with van der Waals surface area (Å²) in [6, 6.07) is 0. The average Bonchev–Trinajstić information content (AvgIpc) is 2.15. The van der Waals surface area contributed by atoms with Gasteiger partial charge in [-0.3, -0.25) is 9.59 Å². The number of carbonyl (C=O) groups excluding carboxylic acids is 3. The van der Waals surface area contributed by atoms with Crippen LogP contribution in [-0.4, -0.2) is 24.4 Å². The maximum atomic E-state index is 11.0. The topological polar surface area (TPSA) is 72.5 Å². The van der Waals surface area contributed by atoms with Crippen LogP contribution in [-0.2, 0) is 19.1 Å². The van der Waals surface area contributed by atoms with Gasteiger partial charge in [0.1, 0.15) is 6.54 Å². The zero-order valence-corrected chi connectivity index (χ0v) is 9.17. The summed E-state index contributed by atoms with van der Waals surface area (Å²) in [7, 11) is 0. The van der Waals surface area contributed by atoms with E-state index in [1.807, 2.05) is 6.92 Å². The minimum Gasteiger partial charge on any atom is -0.392 e. The minimum atomic E-state index is -0.716. The first kappa shape index (κ1) is 13.6. The van der Waals surface area contributed by atoms with Crippen molar-refractivity contribution >= 4 is 17.8 Å². The van der Waals surface area contributed by atoms with Crippen molar-refractivity contribution < 1.29 is 19.1 Å². The zero-order chi connectivity index (χ0) is 11.7. The number of hydrogen-bond acceptors (Lipinski definition) is 4. The fourth-order valence-electron chi connectivity index (χ4n) is 0.930. The summed E-state index contributed by atoms with van der Waals surface area (Å²) < 4.78 is 4.45. The molecule has 0 atom stereocenters. The van der Waals surface area contributed by atoms with E-state index >= 15 is 0 Å². The maximum Gasteiger partial charge on any atom is 0.333 e. The lowest BCUT2D eigenvalue weighted by Gasteiger charge is -2.02. The van der Waals surface area contributed by atoms with Crippen molar-refractivity contribution in [3.8, 4) is 0 Å². The molecule has 0 aliphatic rings. The fourth-order valence-corrected chi connectivity index (χ4v) is 0.930. The third kappa shape index (κ3) is 8.93. The second kappa shape index (κ2) is 7.96. The molecule has 0 aliphatic heterocycles. The first-order chi connectivity index (χ1) is 7.06. The summed E-state index contributed by atoms with van der Waals surface area (Å²) in [4.78, 5) is 32.4. The van der Waals surface area contributed by atoms with Crippen molar-refractivity contribution in [3.63, 3.8) is 0 Å². The summed E-state index contributed by atoms with van der Waals surface area (Å²) in [5.41, 5.74) is 0. The minimum absolute atomic E-state index is 0.250. The van der Waals surface area contributed by atoms with Crippen molar-refractivity contribution in [2.24, 2.45) is 0 Å². The van der Waals surface area contributed by atoms with Crippen molar-refractivity contribution in [2.75, 3.05) is 6.54 Å². The molecule has 0 rings (SSSR count). The summed E-state index contributed by atoms with van der Waals surface area (Å²) in [5, 5.41) is 2.25. The van der Waals surface area contributed by atoms with Gasteiger partial charge in [-0.25, -0.2) is 4.79 Å². The molecule has 5 heteroatoms. The zero-order valence-electron chi connectivity index (χ0n) is 9.17. The predicted molar refractivity (Wildman–Crippen MR) is 53.9 cm³/mol. The number of amides is 1. The van der Waals surface area contributed by atoms with Crippen LogP contribution in [0.3, 0.4) is 0 Å². The normalized spacial score (nSPS) is 9.47. The van der Waals surface area contributed by atoms with E-state index < -0.39 is 11.9 Å². The number of hydrogen-bond donors (Lipinski definition) is 1. The molecule has 5 nitrogen and oxygen atoms in total. The largest absolute Gasteiger partial charge is 0.392 e. The molecule has 0 spiro atoms. The molecule has 15 heavy (non-hydrogen) atoms. The summed E-state index contributed by atoms with van der Waals surface area (Å²) in [6.45, 7) is 3.05. The number of carbonyl (C=O) groups is 3. The van der Waals surface area contributed by atoms with E-state index in [4.69, 9.17) is 0 Å². The van der Waals surface area contributed by atoms with Crippen molar-refractivity contribution in [1.29, 1.82) is 0 Å². The maximum absolute atomic E-state index is 11.0. The molecule has 0 heterocycles. The van der Waals surface area contributed by atoms with Gasteiger partial charge in [-0.2, -0.15) is 0 Å². The molecule has 0 saturated carbocycles. The van der Waals surface area contributed by atoms with Gasteiger partial charge >= 0.3 is 11.9 Å². The van der Waals surface area contributed by atoms with Gasteiger partial charge in [0.15, 0.2) is 0 Å². The monoisotopic (exact) mass is 215 g/mol. The molecule has 86 valence electrons. The average molecular weight is 215 g/mol. The molecule has 0 unspecified atom stereocenters. The lowest BCUT2D eigenvalue weighted by Crippen LogP contribution is -2.29. The van der Waals surface area contributed by atoms with E-state index in [1.54, 1.807) is 0 Å².